The van der Waals surface area contributed by atoms with Crippen LogP contribution in [0.25, 0.3) is 0 Å². The average molecular weight is 317 g/mol. The number of rotatable bonds is 6. The number of benzene rings is 1. The van der Waals surface area contributed by atoms with Gasteiger partial charge in [0.05, 0.1) is 13.1 Å². The summed E-state index contributed by atoms with van der Waals surface area (Å²) in [7, 11) is 0. The van der Waals surface area contributed by atoms with Crippen LogP contribution in [0.1, 0.15) is 11.1 Å². The normalized spacial score (nSPS) is 16.1. The number of amides is 1. The van der Waals surface area contributed by atoms with Gasteiger partial charge in [0.15, 0.2) is 6.29 Å². The van der Waals surface area contributed by atoms with Gasteiger partial charge in [-0.25, -0.2) is 0 Å². The van der Waals surface area contributed by atoms with Crippen LogP contribution in [-0.4, -0.2) is 67.0 Å². The highest BCUT2D eigenvalue weighted by Crippen LogP contribution is 2.19. The van der Waals surface area contributed by atoms with E-state index >= 15 is 0 Å². The fourth-order valence-corrected chi connectivity index (χ4v) is 2.76. The Hall–Kier alpha value is -2.05. The SMILES string of the molecule is Cc1cccc(C)c1NC(=O)CN1CCN(CC(=O)C=O)CC1. The summed E-state index contributed by atoms with van der Waals surface area (Å²) in [5, 5.41) is 2.98. The Morgan fingerprint density at radius 1 is 1.04 bits per heavy atom. The van der Waals surface area contributed by atoms with Crippen LogP contribution in [0.5, 0.6) is 0 Å². The number of piperazine rings is 1. The largest absolute Gasteiger partial charge is 0.324 e. The lowest BCUT2D eigenvalue weighted by Gasteiger charge is -2.33. The number of anilines is 1. The Balaban J connectivity index is 1.81. The first kappa shape index (κ1) is 17.3. The van der Waals surface area contributed by atoms with Crippen molar-refractivity contribution in [3.8, 4) is 0 Å². The molecule has 0 aromatic heterocycles. The summed E-state index contributed by atoms with van der Waals surface area (Å²) in [6.45, 7) is 7.27. The van der Waals surface area contributed by atoms with E-state index < -0.39 is 5.78 Å². The topological polar surface area (TPSA) is 69.7 Å². The van der Waals surface area contributed by atoms with Crippen molar-refractivity contribution in [3.05, 3.63) is 29.3 Å². The number of carbonyl (C=O) groups excluding carboxylic acids is 3. The number of ketones is 1. The second-order valence-electron chi connectivity index (χ2n) is 5.95. The lowest BCUT2D eigenvalue weighted by Crippen LogP contribution is -2.49. The van der Waals surface area contributed by atoms with Crippen molar-refractivity contribution in [1.82, 2.24) is 9.80 Å². The van der Waals surface area contributed by atoms with Crippen LogP contribution in [0.2, 0.25) is 0 Å². The van der Waals surface area contributed by atoms with Crippen molar-refractivity contribution in [3.63, 3.8) is 0 Å². The first-order valence-corrected chi connectivity index (χ1v) is 7.78. The maximum Gasteiger partial charge on any atom is 0.238 e. The van der Waals surface area contributed by atoms with Crippen LogP contribution in [0.4, 0.5) is 5.69 Å². The fourth-order valence-electron chi connectivity index (χ4n) is 2.76. The molecular weight excluding hydrogens is 294 g/mol. The van der Waals surface area contributed by atoms with E-state index in [1.54, 1.807) is 0 Å². The number of aldehydes is 1. The molecule has 1 aromatic rings. The Morgan fingerprint density at radius 2 is 1.57 bits per heavy atom. The standard InChI is InChI=1S/C17H23N3O3/c1-13-4-3-5-14(2)17(13)18-16(23)11-20-8-6-19(7-9-20)10-15(22)12-21/h3-5,12H,6-11H2,1-2H3,(H,18,23). The Bertz CT molecular complexity index is 572. The molecule has 124 valence electrons. The summed E-state index contributed by atoms with van der Waals surface area (Å²) >= 11 is 0. The predicted molar refractivity (Wildman–Crippen MR) is 88.5 cm³/mol. The second kappa shape index (κ2) is 7.99. The molecule has 1 saturated heterocycles. The van der Waals surface area contributed by atoms with Gasteiger partial charge in [-0.3, -0.25) is 24.2 Å². The molecule has 1 aromatic carbocycles. The molecule has 1 N–H and O–H groups in total. The molecule has 1 aliphatic rings. The monoisotopic (exact) mass is 317 g/mol. The van der Waals surface area contributed by atoms with E-state index in [1.807, 2.05) is 36.9 Å². The van der Waals surface area contributed by atoms with Gasteiger partial charge in [-0.15, -0.1) is 0 Å². The number of hydrogen-bond donors (Lipinski definition) is 1. The van der Waals surface area contributed by atoms with Gasteiger partial charge in [0.2, 0.25) is 11.7 Å². The minimum Gasteiger partial charge on any atom is -0.324 e. The summed E-state index contributed by atoms with van der Waals surface area (Å²) in [6.07, 6.45) is 0.365. The van der Waals surface area contributed by atoms with Crippen LogP contribution in [0, 0.1) is 13.8 Å². The number of para-hydroxylation sites is 1. The number of Topliss-reactive ketones (excluding diaryl/α,β-unsaturated/α-hetero) is 1. The van der Waals surface area contributed by atoms with Gasteiger partial charge < -0.3 is 5.32 Å². The molecule has 0 spiro atoms. The Kier molecular flexibility index (Phi) is 6.01. The van der Waals surface area contributed by atoms with E-state index in [-0.39, 0.29) is 12.5 Å². The zero-order chi connectivity index (χ0) is 16.8. The molecule has 0 unspecified atom stereocenters. The summed E-state index contributed by atoms with van der Waals surface area (Å²) < 4.78 is 0. The van der Waals surface area contributed by atoms with Crippen molar-refractivity contribution in [1.29, 1.82) is 0 Å². The lowest BCUT2D eigenvalue weighted by molar-refractivity contribution is -0.131. The highest BCUT2D eigenvalue weighted by atomic mass is 16.2. The molecular formula is C17H23N3O3. The van der Waals surface area contributed by atoms with Gasteiger partial charge in [-0.1, -0.05) is 18.2 Å². The molecule has 1 heterocycles. The molecule has 6 nitrogen and oxygen atoms in total. The average Bonchev–Trinajstić information content (AvgIpc) is 2.53. The van der Waals surface area contributed by atoms with E-state index in [4.69, 9.17) is 0 Å². The van der Waals surface area contributed by atoms with Crippen molar-refractivity contribution in [2.75, 3.05) is 44.6 Å². The Labute approximate surface area is 136 Å². The maximum atomic E-state index is 12.2. The minimum absolute atomic E-state index is 0.0279. The van der Waals surface area contributed by atoms with E-state index in [0.717, 1.165) is 16.8 Å². The number of carbonyl (C=O) groups is 3. The quantitative estimate of drug-likeness (QED) is 0.615. The van der Waals surface area contributed by atoms with Crippen LogP contribution < -0.4 is 5.32 Å². The molecule has 1 amide bonds. The first-order valence-electron chi connectivity index (χ1n) is 7.78. The van der Waals surface area contributed by atoms with Crippen LogP contribution in [-0.2, 0) is 14.4 Å². The van der Waals surface area contributed by atoms with Crippen molar-refractivity contribution in [2.24, 2.45) is 0 Å². The summed E-state index contributed by atoms with van der Waals surface area (Å²) in [5.74, 6) is -0.425. The van der Waals surface area contributed by atoms with Gasteiger partial charge in [0.1, 0.15) is 0 Å². The van der Waals surface area contributed by atoms with Crippen molar-refractivity contribution in [2.45, 2.75) is 13.8 Å². The smallest absolute Gasteiger partial charge is 0.238 e. The third kappa shape index (κ3) is 4.97. The second-order valence-corrected chi connectivity index (χ2v) is 5.95. The minimum atomic E-state index is -0.397. The van der Waals surface area contributed by atoms with Crippen LogP contribution >= 0.6 is 0 Å². The lowest BCUT2D eigenvalue weighted by atomic mass is 10.1. The number of nitrogens with zero attached hydrogens (tertiary/aromatic N) is 2. The molecule has 2 rings (SSSR count). The van der Waals surface area contributed by atoms with Gasteiger partial charge in [-0.05, 0) is 25.0 Å². The predicted octanol–water partition coefficient (Wildman–Crippen LogP) is 0.628. The summed E-state index contributed by atoms with van der Waals surface area (Å²) in [5.41, 5.74) is 2.99. The number of aryl methyl sites for hydroxylation is 2. The Morgan fingerprint density at radius 3 is 2.09 bits per heavy atom. The molecule has 0 bridgehead atoms. The van der Waals surface area contributed by atoms with Crippen LogP contribution in [0.3, 0.4) is 0 Å². The first-order chi connectivity index (χ1) is 11.0. The third-order valence-electron chi connectivity index (χ3n) is 4.09. The van der Waals surface area contributed by atoms with Gasteiger partial charge in [0, 0.05) is 31.9 Å². The van der Waals surface area contributed by atoms with Crippen LogP contribution in [0.15, 0.2) is 18.2 Å². The third-order valence-corrected chi connectivity index (χ3v) is 4.09. The van der Waals surface area contributed by atoms with Crippen molar-refractivity contribution >= 4 is 23.7 Å². The summed E-state index contributed by atoms with van der Waals surface area (Å²) in [6, 6.07) is 5.93. The van der Waals surface area contributed by atoms with Gasteiger partial charge >= 0.3 is 0 Å². The zero-order valence-electron chi connectivity index (χ0n) is 13.7. The number of nitrogens with one attached hydrogen (secondary N) is 1. The van der Waals surface area contributed by atoms with E-state index in [9.17, 15) is 14.4 Å². The van der Waals surface area contributed by atoms with E-state index in [1.165, 1.54) is 0 Å². The molecule has 1 aliphatic heterocycles. The maximum absolute atomic E-state index is 12.2. The molecule has 0 atom stereocenters. The fraction of sp³-hybridized carbons (Fsp3) is 0.471. The molecule has 0 radical (unpaired) electrons. The molecule has 1 fully saturated rings. The van der Waals surface area contributed by atoms with E-state index in [2.05, 4.69) is 10.2 Å². The molecule has 0 saturated carbocycles. The highest BCUT2D eigenvalue weighted by molar-refractivity contribution is 6.25. The zero-order valence-corrected chi connectivity index (χ0v) is 13.7. The molecule has 6 heteroatoms. The molecule has 23 heavy (non-hydrogen) atoms. The summed E-state index contributed by atoms with van der Waals surface area (Å²) in [4.78, 5) is 37.7. The number of hydrogen-bond acceptors (Lipinski definition) is 5. The van der Waals surface area contributed by atoms with Gasteiger partial charge in [0.25, 0.3) is 0 Å². The molecule has 0 aliphatic carbocycles. The van der Waals surface area contributed by atoms with Gasteiger partial charge in [-0.2, -0.15) is 0 Å². The van der Waals surface area contributed by atoms with E-state index in [0.29, 0.717) is 39.0 Å². The highest BCUT2D eigenvalue weighted by Gasteiger charge is 2.20. The van der Waals surface area contributed by atoms with Crippen molar-refractivity contribution < 1.29 is 14.4 Å².